The van der Waals surface area contributed by atoms with Gasteiger partial charge in [-0.1, -0.05) is 36.4 Å². The van der Waals surface area contributed by atoms with E-state index < -0.39 is 47.0 Å². The lowest BCUT2D eigenvalue weighted by molar-refractivity contribution is -0.151. The molecule has 31 heavy (non-hydrogen) atoms. The van der Waals surface area contributed by atoms with Crippen LogP contribution in [0.25, 0.3) is 11.3 Å². The van der Waals surface area contributed by atoms with Gasteiger partial charge in [0.25, 0.3) is 5.91 Å². The first-order valence-electron chi connectivity index (χ1n) is 9.34. The van der Waals surface area contributed by atoms with Crippen LogP contribution in [0.2, 0.25) is 0 Å². The molecule has 162 valence electrons. The highest BCUT2D eigenvalue weighted by Crippen LogP contribution is 2.29. The normalized spacial score (nSPS) is 12.8. The smallest absolute Gasteiger partial charge is 0.336 e. The number of oxazole rings is 1. The molecule has 0 saturated carbocycles. The number of amides is 1. The fraction of sp³-hybridized carbons (Fsp3) is 0.227. The van der Waals surface area contributed by atoms with Gasteiger partial charge >= 0.3 is 5.97 Å². The van der Waals surface area contributed by atoms with Crippen LogP contribution in [-0.4, -0.2) is 41.2 Å². The molecule has 1 amide bonds. The van der Waals surface area contributed by atoms with Gasteiger partial charge in [-0.05, 0) is 24.1 Å². The quantitative estimate of drug-likeness (QED) is 0.559. The molecular formula is C22H20F2N2O5. The second-order valence-electron chi connectivity index (χ2n) is 6.74. The number of rotatable bonds is 7. The highest BCUT2D eigenvalue weighted by Gasteiger charge is 2.32. The monoisotopic (exact) mass is 430 g/mol. The Kier molecular flexibility index (Phi) is 6.76. The van der Waals surface area contributed by atoms with E-state index in [4.69, 9.17) is 4.42 Å². The molecule has 1 heterocycles. The minimum Gasteiger partial charge on any atom is -0.467 e. The minimum absolute atomic E-state index is 0.0101. The third kappa shape index (κ3) is 4.95. The average Bonchev–Trinajstić information content (AvgIpc) is 3.14. The summed E-state index contributed by atoms with van der Waals surface area (Å²) in [6, 6.07) is 11.0. The average molecular weight is 430 g/mol. The first kappa shape index (κ1) is 22.1. The van der Waals surface area contributed by atoms with Gasteiger partial charge in [-0.15, -0.1) is 0 Å². The van der Waals surface area contributed by atoms with Crippen LogP contribution in [0.5, 0.6) is 0 Å². The highest BCUT2D eigenvalue weighted by atomic mass is 19.1. The second kappa shape index (κ2) is 9.48. The molecule has 0 radical (unpaired) electrons. The molecule has 0 spiro atoms. The van der Waals surface area contributed by atoms with Crippen molar-refractivity contribution >= 4 is 11.9 Å². The van der Waals surface area contributed by atoms with Crippen LogP contribution >= 0.6 is 0 Å². The van der Waals surface area contributed by atoms with E-state index in [2.05, 4.69) is 15.0 Å². The van der Waals surface area contributed by atoms with Crippen LogP contribution in [0.1, 0.15) is 22.0 Å². The standard InChI is InChI=1S/C22H20F2N2O5/c1-12-25-18(17-14(23)9-6-10-15(17)24)20(31-12)21(28)26-16(19(27)22(29)30-2)11-13-7-4-3-5-8-13/h3-10,16,19,27H,11H2,1-2H3,(H,26,28). The number of aliphatic hydroxyl groups excluding tert-OH is 1. The fourth-order valence-electron chi connectivity index (χ4n) is 3.10. The second-order valence-corrected chi connectivity index (χ2v) is 6.74. The van der Waals surface area contributed by atoms with Crippen molar-refractivity contribution in [2.45, 2.75) is 25.5 Å². The number of benzene rings is 2. The summed E-state index contributed by atoms with van der Waals surface area (Å²) in [7, 11) is 1.10. The van der Waals surface area contributed by atoms with E-state index in [-0.39, 0.29) is 18.0 Å². The Hall–Kier alpha value is -3.59. The molecule has 0 saturated heterocycles. The Morgan fingerprint density at radius 3 is 2.39 bits per heavy atom. The summed E-state index contributed by atoms with van der Waals surface area (Å²) < 4.78 is 38.4. The van der Waals surface area contributed by atoms with Gasteiger partial charge in [-0.2, -0.15) is 0 Å². The summed E-state index contributed by atoms with van der Waals surface area (Å²) in [5.41, 5.74) is -0.112. The zero-order valence-electron chi connectivity index (χ0n) is 16.8. The summed E-state index contributed by atoms with van der Waals surface area (Å²) in [5, 5.41) is 12.8. The number of aromatic nitrogens is 1. The maximum atomic E-state index is 14.3. The van der Waals surface area contributed by atoms with E-state index >= 15 is 0 Å². The molecule has 1 aromatic heterocycles. The fourth-order valence-corrected chi connectivity index (χ4v) is 3.10. The molecule has 2 unspecified atom stereocenters. The molecule has 0 aliphatic rings. The van der Waals surface area contributed by atoms with E-state index in [1.54, 1.807) is 30.3 Å². The summed E-state index contributed by atoms with van der Waals surface area (Å²) in [4.78, 5) is 28.8. The van der Waals surface area contributed by atoms with Gasteiger partial charge < -0.3 is 19.6 Å². The van der Waals surface area contributed by atoms with Crippen molar-refractivity contribution in [1.82, 2.24) is 10.3 Å². The van der Waals surface area contributed by atoms with Crippen molar-refractivity contribution < 1.29 is 32.6 Å². The number of nitrogens with one attached hydrogen (secondary N) is 1. The number of methoxy groups -OCH3 is 1. The van der Waals surface area contributed by atoms with Crippen LogP contribution in [-0.2, 0) is 16.0 Å². The topological polar surface area (TPSA) is 102 Å². The summed E-state index contributed by atoms with van der Waals surface area (Å²) in [5.74, 6) is -4.12. The van der Waals surface area contributed by atoms with Crippen molar-refractivity contribution in [3.05, 3.63) is 77.4 Å². The van der Waals surface area contributed by atoms with Crippen molar-refractivity contribution in [1.29, 1.82) is 0 Å². The molecular weight excluding hydrogens is 410 g/mol. The maximum absolute atomic E-state index is 14.3. The Morgan fingerprint density at radius 1 is 1.13 bits per heavy atom. The van der Waals surface area contributed by atoms with Gasteiger partial charge in [-0.3, -0.25) is 4.79 Å². The summed E-state index contributed by atoms with van der Waals surface area (Å²) in [6.45, 7) is 1.42. The molecule has 2 aromatic carbocycles. The van der Waals surface area contributed by atoms with Crippen molar-refractivity contribution in [3.8, 4) is 11.3 Å². The van der Waals surface area contributed by atoms with Gasteiger partial charge in [0.15, 0.2) is 12.0 Å². The van der Waals surface area contributed by atoms with E-state index in [1.165, 1.54) is 13.0 Å². The zero-order chi connectivity index (χ0) is 22.5. The third-order valence-electron chi connectivity index (χ3n) is 4.58. The molecule has 3 aromatic rings. The van der Waals surface area contributed by atoms with Crippen LogP contribution in [0, 0.1) is 18.6 Å². The molecule has 7 nitrogen and oxygen atoms in total. The van der Waals surface area contributed by atoms with E-state index in [9.17, 15) is 23.5 Å². The van der Waals surface area contributed by atoms with Crippen LogP contribution in [0.15, 0.2) is 52.9 Å². The van der Waals surface area contributed by atoms with Crippen LogP contribution in [0.4, 0.5) is 8.78 Å². The van der Waals surface area contributed by atoms with Crippen molar-refractivity contribution in [2.75, 3.05) is 7.11 Å². The molecule has 2 N–H and O–H groups in total. The van der Waals surface area contributed by atoms with E-state index in [0.717, 1.165) is 24.8 Å². The first-order valence-corrected chi connectivity index (χ1v) is 9.34. The van der Waals surface area contributed by atoms with Gasteiger partial charge in [0, 0.05) is 6.92 Å². The minimum atomic E-state index is -1.69. The molecule has 0 fully saturated rings. The number of halogens is 2. The molecule has 2 atom stereocenters. The number of hydrogen-bond donors (Lipinski definition) is 2. The van der Waals surface area contributed by atoms with Crippen LogP contribution < -0.4 is 5.32 Å². The highest BCUT2D eigenvalue weighted by molar-refractivity contribution is 5.98. The zero-order valence-corrected chi connectivity index (χ0v) is 16.8. The number of aryl methyl sites for hydroxylation is 1. The SMILES string of the molecule is COC(=O)C(O)C(Cc1ccccc1)NC(=O)c1oc(C)nc1-c1c(F)cccc1F. The number of ether oxygens (including phenoxy) is 1. The lowest BCUT2D eigenvalue weighted by Crippen LogP contribution is -2.48. The number of carbonyl (C=O) groups excluding carboxylic acids is 2. The van der Waals surface area contributed by atoms with Gasteiger partial charge in [0.1, 0.15) is 17.3 Å². The number of hydrogen-bond acceptors (Lipinski definition) is 6. The predicted molar refractivity (Wildman–Crippen MR) is 106 cm³/mol. The number of aliphatic hydroxyl groups is 1. The number of esters is 1. The Bertz CT molecular complexity index is 1060. The van der Waals surface area contributed by atoms with E-state index in [0.29, 0.717) is 0 Å². The molecule has 0 aliphatic heterocycles. The largest absolute Gasteiger partial charge is 0.467 e. The Balaban J connectivity index is 1.94. The van der Waals surface area contributed by atoms with Crippen LogP contribution in [0.3, 0.4) is 0 Å². The third-order valence-corrected chi connectivity index (χ3v) is 4.58. The van der Waals surface area contributed by atoms with Crippen molar-refractivity contribution in [2.24, 2.45) is 0 Å². The lowest BCUT2D eigenvalue weighted by atomic mass is 10.0. The first-order chi connectivity index (χ1) is 14.8. The van der Waals surface area contributed by atoms with Gasteiger partial charge in [-0.25, -0.2) is 18.6 Å². The van der Waals surface area contributed by atoms with Gasteiger partial charge in [0.2, 0.25) is 5.76 Å². The van der Waals surface area contributed by atoms with Crippen molar-refractivity contribution in [3.63, 3.8) is 0 Å². The number of nitrogens with zero attached hydrogens (tertiary/aromatic N) is 1. The van der Waals surface area contributed by atoms with E-state index in [1.807, 2.05) is 0 Å². The summed E-state index contributed by atoms with van der Waals surface area (Å²) >= 11 is 0. The maximum Gasteiger partial charge on any atom is 0.336 e. The Morgan fingerprint density at radius 2 is 1.77 bits per heavy atom. The molecule has 0 bridgehead atoms. The predicted octanol–water partition coefficient (Wildman–Crippen LogP) is 2.80. The molecule has 3 rings (SSSR count). The lowest BCUT2D eigenvalue weighted by Gasteiger charge is -2.22. The summed E-state index contributed by atoms with van der Waals surface area (Å²) in [6.07, 6.45) is -1.61. The Labute approximate surface area is 176 Å². The molecule has 0 aliphatic carbocycles. The number of carbonyl (C=O) groups is 2. The molecule has 9 heteroatoms. The van der Waals surface area contributed by atoms with Gasteiger partial charge in [0.05, 0.1) is 18.7 Å².